The van der Waals surface area contributed by atoms with Crippen molar-refractivity contribution in [2.75, 3.05) is 13.7 Å². The van der Waals surface area contributed by atoms with Gasteiger partial charge in [-0.2, -0.15) is 0 Å². The highest BCUT2D eigenvalue weighted by Crippen LogP contribution is 2.14. The van der Waals surface area contributed by atoms with Crippen LogP contribution < -0.4 is 10.1 Å². The van der Waals surface area contributed by atoms with Crippen molar-refractivity contribution in [3.05, 3.63) is 23.9 Å². The Balaban J connectivity index is 2.76. The Kier molecular flexibility index (Phi) is 4.90. The number of aliphatic hydroxyl groups is 1. The van der Waals surface area contributed by atoms with E-state index in [0.29, 0.717) is 11.4 Å². The molecule has 0 aliphatic heterocycles. The molecule has 0 spiro atoms. The predicted octanol–water partition coefficient (Wildman–Crippen LogP) is 0.837. The van der Waals surface area contributed by atoms with E-state index in [2.05, 4.69) is 10.3 Å². The maximum absolute atomic E-state index is 11.9. The summed E-state index contributed by atoms with van der Waals surface area (Å²) in [5, 5.41) is 11.8. The molecule has 1 amide bonds. The summed E-state index contributed by atoms with van der Waals surface area (Å²) < 4.78 is 5.01. The minimum absolute atomic E-state index is 0.00150. The first-order valence-electron chi connectivity index (χ1n) is 5.50. The first kappa shape index (κ1) is 13.4. The molecule has 94 valence electrons. The van der Waals surface area contributed by atoms with Gasteiger partial charge in [-0.05, 0) is 25.0 Å². The number of carbonyl (C=O) groups is 1. The molecule has 0 saturated carbocycles. The van der Waals surface area contributed by atoms with E-state index < -0.39 is 0 Å². The number of nitrogens with one attached hydrogen (secondary N) is 1. The largest absolute Gasteiger partial charge is 0.480 e. The van der Waals surface area contributed by atoms with Crippen molar-refractivity contribution in [1.82, 2.24) is 10.3 Å². The van der Waals surface area contributed by atoms with Crippen molar-refractivity contribution in [3.63, 3.8) is 0 Å². The van der Waals surface area contributed by atoms with Crippen LogP contribution in [-0.4, -0.2) is 35.8 Å². The van der Waals surface area contributed by atoms with E-state index in [1.165, 1.54) is 7.11 Å². The van der Waals surface area contributed by atoms with Crippen molar-refractivity contribution >= 4 is 5.91 Å². The first-order valence-corrected chi connectivity index (χ1v) is 5.50. The number of aliphatic hydroxyl groups excluding tert-OH is 1. The van der Waals surface area contributed by atoms with Gasteiger partial charge in [-0.15, -0.1) is 0 Å². The SMILES string of the molecule is COc1ncccc1C(=O)NC(C)C(C)CO. The van der Waals surface area contributed by atoms with E-state index in [1.807, 2.05) is 13.8 Å². The number of methoxy groups -OCH3 is 1. The molecular formula is C12H18N2O3. The Morgan fingerprint density at radius 1 is 1.59 bits per heavy atom. The number of pyridine rings is 1. The molecule has 17 heavy (non-hydrogen) atoms. The van der Waals surface area contributed by atoms with Crippen molar-refractivity contribution in [2.24, 2.45) is 5.92 Å². The van der Waals surface area contributed by atoms with Gasteiger partial charge in [-0.1, -0.05) is 6.92 Å². The molecule has 1 heterocycles. The fourth-order valence-corrected chi connectivity index (χ4v) is 1.31. The van der Waals surface area contributed by atoms with Crippen LogP contribution in [0.1, 0.15) is 24.2 Å². The molecule has 0 aromatic carbocycles. The average Bonchev–Trinajstić information content (AvgIpc) is 2.37. The Morgan fingerprint density at radius 3 is 2.88 bits per heavy atom. The average molecular weight is 238 g/mol. The molecule has 0 saturated heterocycles. The Bertz CT molecular complexity index is 382. The Morgan fingerprint density at radius 2 is 2.29 bits per heavy atom. The van der Waals surface area contributed by atoms with E-state index in [4.69, 9.17) is 9.84 Å². The minimum atomic E-state index is -0.247. The van der Waals surface area contributed by atoms with E-state index in [-0.39, 0.29) is 24.5 Å². The molecule has 1 aromatic heterocycles. The molecule has 2 atom stereocenters. The second-order valence-corrected chi connectivity index (χ2v) is 3.98. The fourth-order valence-electron chi connectivity index (χ4n) is 1.31. The van der Waals surface area contributed by atoms with Gasteiger partial charge in [0.25, 0.3) is 5.91 Å². The monoisotopic (exact) mass is 238 g/mol. The molecule has 5 heteroatoms. The molecule has 1 aromatic rings. The summed E-state index contributed by atoms with van der Waals surface area (Å²) in [7, 11) is 1.47. The summed E-state index contributed by atoms with van der Waals surface area (Å²) >= 11 is 0. The summed E-state index contributed by atoms with van der Waals surface area (Å²) in [6.07, 6.45) is 1.56. The van der Waals surface area contributed by atoms with Crippen LogP contribution in [0.3, 0.4) is 0 Å². The lowest BCUT2D eigenvalue weighted by Gasteiger charge is -2.19. The normalized spacial score (nSPS) is 13.9. The lowest BCUT2D eigenvalue weighted by atomic mass is 10.0. The summed E-state index contributed by atoms with van der Waals surface area (Å²) in [4.78, 5) is 15.9. The quantitative estimate of drug-likeness (QED) is 0.797. The molecule has 0 aliphatic rings. The second-order valence-electron chi connectivity index (χ2n) is 3.98. The van der Waals surface area contributed by atoms with Gasteiger partial charge in [0.1, 0.15) is 5.56 Å². The number of amides is 1. The lowest BCUT2D eigenvalue weighted by molar-refractivity contribution is 0.0912. The molecule has 0 radical (unpaired) electrons. The number of hydrogen-bond acceptors (Lipinski definition) is 4. The highest BCUT2D eigenvalue weighted by Gasteiger charge is 2.18. The smallest absolute Gasteiger partial charge is 0.256 e. The van der Waals surface area contributed by atoms with Crippen LogP contribution in [0.15, 0.2) is 18.3 Å². The molecule has 0 fully saturated rings. The Hall–Kier alpha value is -1.62. The van der Waals surface area contributed by atoms with Gasteiger partial charge in [0.05, 0.1) is 7.11 Å². The maximum atomic E-state index is 11.9. The fraction of sp³-hybridized carbons (Fsp3) is 0.500. The van der Waals surface area contributed by atoms with Crippen LogP contribution in [0.2, 0.25) is 0 Å². The summed E-state index contributed by atoms with van der Waals surface area (Å²) in [6, 6.07) is 3.21. The number of rotatable bonds is 5. The standard InChI is InChI=1S/C12H18N2O3/c1-8(7-15)9(2)14-11(16)10-5-4-6-13-12(10)17-3/h4-6,8-9,15H,7H2,1-3H3,(H,14,16). The number of hydrogen-bond donors (Lipinski definition) is 2. The summed E-state index contributed by atoms with van der Waals surface area (Å²) in [6.45, 7) is 3.75. The zero-order valence-corrected chi connectivity index (χ0v) is 10.3. The third-order valence-corrected chi connectivity index (χ3v) is 2.71. The topological polar surface area (TPSA) is 71.5 Å². The van der Waals surface area contributed by atoms with Crippen LogP contribution in [0.4, 0.5) is 0 Å². The molecule has 2 unspecified atom stereocenters. The number of nitrogens with zero attached hydrogens (tertiary/aromatic N) is 1. The number of ether oxygens (including phenoxy) is 1. The summed E-state index contributed by atoms with van der Waals surface area (Å²) in [5.41, 5.74) is 0.395. The maximum Gasteiger partial charge on any atom is 0.256 e. The molecule has 2 N–H and O–H groups in total. The van der Waals surface area contributed by atoms with Crippen LogP contribution in [-0.2, 0) is 0 Å². The molecule has 0 bridgehead atoms. The zero-order valence-electron chi connectivity index (χ0n) is 10.3. The second kappa shape index (κ2) is 6.20. The highest BCUT2D eigenvalue weighted by atomic mass is 16.5. The van der Waals surface area contributed by atoms with E-state index in [9.17, 15) is 4.79 Å². The number of aromatic nitrogens is 1. The van der Waals surface area contributed by atoms with Gasteiger partial charge >= 0.3 is 0 Å². The molecule has 0 aliphatic carbocycles. The van der Waals surface area contributed by atoms with Crippen molar-refractivity contribution < 1.29 is 14.6 Å². The third-order valence-electron chi connectivity index (χ3n) is 2.71. The highest BCUT2D eigenvalue weighted by molar-refractivity contribution is 5.96. The third kappa shape index (κ3) is 3.42. The van der Waals surface area contributed by atoms with Crippen LogP contribution >= 0.6 is 0 Å². The van der Waals surface area contributed by atoms with Crippen molar-refractivity contribution in [2.45, 2.75) is 19.9 Å². The van der Waals surface area contributed by atoms with Gasteiger partial charge in [0.2, 0.25) is 5.88 Å². The van der Waals surface area contributed by atoms with E-state index in [0.717, 1.165) is 0 Å². The number of carbonyl (C=O) groups excluding carboxylic acids is 1. The van der Waals surface area contributed by atoms with Crippen LogP contribution in [0.5, 0.6) is 5.88 Å². The first-order chi connectivity index (χ1) is 8.10. The van der Waals surface area contributed by atoms with E-state index in [1.54, 1.807) is 18.3 Å². The molecular weight excluding hydrogens is 220 g/mol. The zero-order chi connectivity index (χ0) is 12.8. The van der Waals surface area contributed by atoms with Gasteiger partial charge in [0, 0.05) is 18.8 Å². The van der Waals surface area contributed by atoms with Gasteiger partial charge < -0.3 is 15.2 Å². The van der Waals surface area contributed by atoms with Gasteiger partial charge in [-0.3, -0.25) is 4.79 Å². The molecule has 1 rings (SSSR count). The Labute approximate surface area is 101 Å². The van der Waals surface area contributed by atoms with Crippen molar-refractivity contribution in [1.29, 1.82) is 0 Å². The minimum Gasteiger partial charge on any atom is -0.480 e. The summed E-state index contributed by atoms with van der Waals surface area (Å²) in [5.74, 6) is 0.0539. The van der Waals surface area contributed by atoms with E-state index >= 15 is 0 Å². The van der Waals surface area contributed by atoms with Gasteiger partial charge in [0.15, 0.2) is 0 Å². The van der Waals surface area contributed by atoms with Crippen LogP contribution in [0.25, 0.3) is 0 Å². The molecule has 5 nitrogen and oxygen atoms in total. The van der Waals surface area contributed by atoms with Crippen LogP contribution in [0, 0.1) is 5.92 Å². The van der Waals surface area contributed by atoms with Gasteiger partial charge in [-0.25, -0.2) is 4.98 Å². The van der Waals surface area contributed by atoms with Crippen molar-refractivity contribution in [3.8, 4) is 5.88 Å². The predicted molar refractivity (Wildman–Crippen MR) is 64.0 cm³/mol. The lowest BCUT2D eigenvalue weighted by Crippen LogP contribution is -2.38.